The molecule has 0 radical (unpaired) electrons. The second-order valence-electron chi connectivity index (χ2n) is 15.7. The second kappa shape index (κ2) is 19.2. The van der Waals surface area contributed by atoms with Gasteiger partial charge in [-0.25, -0.2) is 0 Å². The van der Waals surface area contributed by atoms with E-state index in [2.05, 4.69) is 108 Å². The summed E-state index contributed by atoms with van der Waals surface area (Å²) in [5, 5.41) is 0. The number of amides is 1. The Balaban J connectivity index is 0.000000221. The summed E-state index contributed by atoms with van der Waals surface area (Å²) in [6.07, 6.45) is -0.161. The number of benzene rings is 4. The van der Waals surface area contributed by atoms with E-state index >= 15 is 0 Å². The molecule has 1 amide bonds. The van der Waals surface area contributed by atoms with Crippen molar-refractivity contribution in [3.8, 4) is 5.75 Å². The summed E-state index contributed by atoms with van der Waals surface area (Å²) < 4.78 is 76.3. The molecule has 2 aliphatic heterocycles. The van der Waals surface area contributed by atoms with E-state index in [0.717, 1.165) is 18.0 Å². The van der Waals surface area contributed by atoms with Gasteiger partial charge in [-0.2, -0.15) is 6.67 Å². The van der Waals surface area contributed by atoms with Crippen LogP contribution in [0.2, 0.25) is 0 Å². The molecular weight excluding hydrogens is 881 g/mol. The van der Waals surface area contributed by atoms with Gasteiger partial charge in [0.25, 0.3) is 0 Å². The molecular formula is C45H51Cl2F5N3O2Ru-. The minimum atomic E-state index is -2.33. The first kappa shape index (κ1) is 45.6. The molecule has 0 spiro atoms. The molecule has 0 aliphatic carbocycles. The molecule has 6 rings (SSSR count). The van der Waals surface area contributed by atoms with Crippen LogP contribution in [0, 0.1) is 35.8 Å². The van der Waals surface area contributed by atoms with Gasteiger partial charge in [0.05, 0.1) is 0 Å². The Morgan fingerprint density at radius 2 is 1.14 bits per heavy atom. The Labute approximate surface area is 352 Å². The Hall–Kier alpha value is -3.53. The zero-order valence-corrected chi connectivity index (χ0v) is 37.5. The summed E-state index contributed by atoms with van der Waals surface area (Å²) in [6.45, 7) is 24.5. The molecule has 4 aromatic carbocycles. The van der Waals surface area contributed by atoms with Crippen molar-refractivity contribution in [2.24, 2.45) is 0 Å². The van der Waals surface area contributed by atoms with Crippen LogP contribution < -0.4 is 19.4 Å². The summed E-state index contributed by atoms with van der Waals surface area (Å²) in [5.41, 5.74) is 7.72. The van der Waals surface area contributed by atoms with Crippen molar-refractivity contribution in [1.29, 1.82) is 0 Å². The van der Waals surface area contributed by atoms with Gasteiger partial charge in [0.1, 0.15) is 0 Å². The molecule has 58 heavy (non-hydrogen) atoms. The van der Waals surface area contributed by atoms with Crippen LogP contribution in [0.1, 0.15) is 131 Å². The van der Waals surface area contributed by atoms with Crippen LogP contribution in [0.3, 0.4) is 0 Å². The molecule has 2 aliphatic rings. The SMILES string of the molecule is CC(C)c1cccc(C(C)C)c1N1[CH-]N(c2c(C(C)C)cccc2C(C)C)CC1.CCC1CN(C(=O)c2c(F)c(F)c(F)c(F)c2F)c2cccc([CH]=[Ru]([Cl])[Cl])c2O1. The van der Waals surface area contributed by atoms with Crippen LogP contribution in [-0.2, 0) is 13.5 Å². The van der Waals surface area contributed by atoms with Gasteiger partial charge in [0.2, 0.25) is 0 Å². The van der Waals surface area contributed by atoms with E-state index in [-0.39, 0.29) is 18.0 Å². The quantitative estimate of drug-likeness (QED) is 0.0551. The van der Waals surface area contributed by atoms with Gasteiger partial charge in [-0.15, -0.1) is 0 Å². The summed E-state index contributed by atoms with van der Waals surface area (Å²) >= 11 is -2.28. The Morgan fingerprint density at radius 3 is 1.53 bits per heavy atom. The number of fused-ring (bicyclic) bond motifs is 1. The maximum absolute atomic E-state index is 14.2. The van der Waals surface area contributed by atoms with Gasteiger partial charge in [0.15, 0.2) is 0 Å². The molecule has 0 aromatic heterocycles. The van der Waals surface area contributed by atoms with Crippen LogP contribution in [0.15, 0.2) is 54.6 Å². The predicted octanol–water partition coefficient (Wildman–Crippen LogP) is 12.9. The van der Waals surface area contributed by atoms with Crippen molar-refractivity contribution in [2.75, 3.05) is 34.3 Å². The Morgan fingerprint density at radius 1 is 0.724 bits per heavy atom. The van der Waals surface area contributed by atoms with Crippen LogP contribution >= 0.6 is 19.4 Å². The number of halogens is 7. The number of para-hydroxylation sites is 3. The van der Waals surface area contributed by atoms with Crippen LogP contribution in [0.5, 0.6) is 5.75 Å². The molecule has 1 saturated heterocycles. The first-order chi connectivity index (χ1) is 27.4. The van der Waals surface area contributed by atoms with E-state index in [1.54, 1.807) is 17.6 Å². The van der Waals surface area contributed by atoms with Crippen molar-refractivity contribution in [3.05, 3.63) is 124 Å². The third kappa shape index (κ3) is 9.42. The van der Waals surface area contributed by atoms with Gasteiger partial charge in [-0.3, -0.25) is 0 Å². The third-order valence-corrected chi connectivity index (χ3v) is 12.3. The first-order valence-corrected chi connectivity index (χ1v) is 25.0. The number of carbonyl (C=O) groups is 1. The maximum atomic E-state index is 14.2. The van der Waals surface area contributed by atoms with Gasteiger partial charge in [0, 0.05) is 24.5 Å². The van der Waals surface area contributed by atoms with Crippen molar-refractivity contribution < 1.29 is 45.0 Å². The topological polar surface area (TPSA) is 36.0 Å². The second-order valence-corrected chi connectivity index (χ2v) is 21.4. The fourth-order valence-electron chi connectivity index (χ4n) is 7.41. The molecule has 0 N–H and O–H groups in total. The minimum absolute atomic E-state index is 0.112. The molecule has 1 fully saturated rings. The zero-order valence-electron chi connectivity index (χ0n) is 34.2. The van der Waals surface area contributed by atoms with E-state index in [0.29, 0.717) is 35.7 Å². The predicted molar refractivity (Wildman–Crippen MR) is 224 cm³/mol. The van der Waals surface area contributed by atoms with Crippen molar-refractivity contribution in [2.45, 2.75) is 98.5 Å². The Bertz CT molecular complexity index is 2030. The number of hydrogen-bond acceptors (Lipinski definition) is 4. The normalized spacial score (nSPS) is 15.6. The van der Waals surface area contributed by atoms with E-state index in [1.807, 2.05) is 0 Å². The van der Waals surface area contributed by atoms with Gasteiger partial charge < -0.3 is 9.80 Å². The zero-order chi connectivity index (χ0) is 42.7. The standard InChI is InChI=1S/C27H39N2.C18H12F5NO2.2ClH.Ru/c1-18(2)22-11-9-12-23(19(3)4)26(22)28-15-16-29(17-28)27-24(20(5)6)13-10-14-25(27)21(7)8;1-3-9-7-24(10-6-4-5-8(2)17(10)26-9)18(25)11-12(19)14(21)16(23)15(22)13(11)20;;;/h9-14,17-21H,15-16H2,1-8H3;2,4-6,9H,3,7H2,1H3;2*1H;/q-1;;;;+2/p-2. The number of hydrogen-bond donors (Lipinski definition) is 0. The molecule has 316 valence electrons. The van der Waals surface area contributed by atoms with Crippen molar-refractivity contribution >= 4 is 47.0 Å². The summed E-state index contributed by atoms with van der Waals surface area (Å²) in [5.74, 6) is -10.2. The van der Waals surface area contributed by atoms with Crippen LogP contribution in [0.4, 0.5) is 39.0 Å². The number of anilines is 3. The van der Waals surface area contributed by atoms with Crippen LogP contribution in [0.25, 0.3) is 0 Å². The van der Waals surface area contributed by atoms with E-state index in [1.165, 1.54) is 45.8 Å². The first-order valence-electron chi connectivity index (χ1n) is 19.5. The van der Waals surface area contributed by atoms with Gasteiger partial charge in [-0.05, 0) is 45.9 Å². The number of nitrogens with zero attached hydrogens (tertiary/aromatic N) is 3. The molecule has 2 heterocycles. The molecule has 0 bridgehead atoms. The van der Waals surface area contributed by atoms with E-state index < -0.39 is 60.2 Å². The number of carbonyl (C=O) groups excluding carboxylic acids is 1. The summed E-state index contributed by atoms with van der Waals surface area (Å²) in [6, 6.07) is 18.3. The monoisotopic (exact) mass is 932 g/mol. The van der Waals surface area contributed by atoms with E-state index in [9.17, 15) is 26.7 Å². The third-order valence-electron chi connectivity index (χ3n) is 10.4. The molecule has 1 atom stereocenters. The fourth-order valence-corrected chi connectivity index (χ4v) is 9.20. The molecule has 4 aromatic rings. The summed E-state index contributed by atoms with van der Waals surface area (Å²) in [4.78, 5) is 18.8. The summed E-state index contributed by atoms with van der Waals surface area (Å²) in [7, 11) is 11.8. The fraction of sp³-hybridized carbons (Fsp3) is 0.400. The van der Waals surface area contributed by atoms with Crippen LogP contribution in [-0.4, -0.2) is 36.3 Å². The number of rotatable bonds is 9. The van der Waals surface area contributed by atoms with Gasteiger partial charge >= 0.3 is 176 Å². The molecule has 13 heteroatoms. The van der Waals surface area contributed by atoms with Crippen molar-refractivity contribution in [1.82, 2.24) is 0 Å². The molecule has 1 unspecified atom stereocenters. The molecule has 5 nitrogen and oxygen atoms in total. The van der Waals surface area contributed by atoms with Crippen molar-refractivity contribution in [3.63, 3.8) is 0 Å². The number of ether oxygens (including phenoxy) is 1. The Kier molecular flexibility index (Phi) is 15.1. The average Bonchev–Trinajstić information content (AvgIpc) is 3.68. The average molecular weight is 933 g/mol. The molecule has 0 saturated carbocycles. The van der Waals surface area contributed by atoms with E-state index in [4.69, 9.17) is 24.1 Å². The van der Waals surface area contributed by atoms with Gasteiger partial charge in [-0.1, -0.05) is 91.8 Å².